The van der Waals surface area contributed by atoms with Crippen LogP contribution in [0.2, 0.25) is 0 Å². The van der Waals surface area contributed by atoms with Crippen molar-refractivity contribution in [3.8, 4) is 17.2 Å². The van der Waals surface area contributed by atoms with E-state index in [2.05, 4.69) is 15.3 Å². The lowest BCUT2D eigenvalue weighted by atomic mass is 10.1. The van der Waals surface area contributed by atoms with Crippen molar-refractivity contribution in [2.45, 2.75) is 13.8 Å². The molecule has 0 aliphatic heterocycles. The van der Waals surface area contributed by atoms with Gasteiger partial charge < -0.3 is 20.3 Å². The Bertz CT molecular complexity index is 1320. The lowest BCUT2D eigenvalue weighted by Crippen LogP contribution is -2.30. The van der Waals surface area contributed by atoms with Gasteiger partial charge in [0.15, 0.2) is 11.4 Å². The van der Waals surface area contributed by atoms with Crippen LogP contribution in [0, 0.1) is 13.8 Å². The number of amides is 1. The third-order valence-corrected chi connectivity index (χ3v) is 5.39. The van der Waals surface area contributed by atoms with E-state index in [4.69, 9.17) is 9.84 Å². The van der Waals surface area contributed by atoms with Crippen molar-refractivity contribution in [2.24, 2.45) is 0 Å². The summed E-state index contributed by atoms with van der Waals surface area (Å²) in [5.41, 5.74) is 1.19. The van der Waals surface area contributed by atoms with Crippen LogP contribution in [0.1, 0.15) is 21.2 Å². The number of hydrogen-bond acceptors (Lipinski definition) is 7. The first-order chi connectivity index (χ1) is 14.3. The number of nitrogens with zero attached hydrogens (tertiary/aromatic N) is 2. The zero-order valence-corrected chi connectivity index (χ0v) is 16.9. The number of thiazole rings is 1. The second kappa shape index (κ2) is 7.60. The summed E-state index contributed by atoms with van der Waals surface area (Å²) >= 11 is 1.57. The lowest BCUT2D eigenvalue weighted by molar-refractivity contribution is -0.135. The molecule has 0 bridgehead atoms. The minimum absolute atomic E-state index is 0.236. The first kappa shape index (κ1) is 19.6. The van der Waals surface area contributed by atoms with E-state index in [1.165, 1.54) is 0 Å². The van der Waals surface area contributed by atoms with Gasteiger partial charge in [-0.25, -0.2) is 9.97 Å². The fraction of sp³-hybridized carbons (Fsp3) is 0.143. The lowest BCUT2D eigenvalue weighted by Gasteiger charge is -2.12. The summed E-state index contributed by atoms with van der Waals surface area (Å²) in [6.45, 7) is 3.08. The molecule has 9 heteroatoms. The van der Waals surface area contributed by atoms with Crippen LogP contribution in [0.15, 0.2) is 36.4 Å². The SMILES string of the molecule is Cc1nc2ccc(Oc3ccc4c(C)nc(C(=O)NCC(=O)O)c(O)c4c3)cc2s1. The first-order valence-electron chi connectivity index (χ1n) is 9.00. The van der Waals surface area contributed by atoms with Crippen molar-refractivity contribution in [3.63, 3.8) is 0 Å². The number of aryl methyl sites for hydroxylation is 2. The Morgan fingerprint density at radius 1 is 1.07 bits per heavy atom. The summed E-state index contributed by atoms with van der Waals surface area (Å²) in [5, 5.41) is 23.6. The summed E-state index contributed by atoms with van der Waals surface area (Å²) in [5.74, 6) is -1.20. The summed E-state index contributed by atoms with van der Waals surface area (Å²) in [4.78, 5) is 31.5. The molecule has 3 N–H and O–H groups in total. The Labute approximate surface area is 174 Å². The van der Waals surface area contributed by atoms with Gasteiger partial charge in [-0.05, 0) is 44.2 Å². The van der Waals surface area contributed by atoms with Crippen LogP contribution in [0.4, 0.5) is 0 Å². The van der Waals surface area contributed by atoms with E-state index in [-0.39, 0.29) is 11.4 Å². The molecule has 0 atom stereocenters. The van der Waals surface area contributed by atoms with Crippen LogP contribution >= 0.6 is 11.3 Å². The topological polar surface area (TPSA) is 122 Å². The van der Waals surface area contributed by atoms with Crippen LogP contribution in [-0.2, 0) is 4.79 Å². The van der Waals surface area contributed by atoms with Crippen LogP contribution in [0.3, 0.4) is 0 Å². The number of carbonyl (C=O) groups excluding carboxylic acids is 1. The molecule has 0 spiro atoms. The molecule has 152 valence electrons. The number of ether oxygens (including phenoxy) is 1. The first-order valence-corrected chi connectivity index (χ1v) is 9.82. The third-order valence-electron chi connectivity index (χ3n) is 4.46. The second-order valence-corrected chi connectivity index (χ2v) is 7.88. The summed E-state index contributed by atoms with van der Waals surface area (Å²) in [6, 6.07) is 10.7. The Morgan fingerprint density at radius 3 is 2.57 bits per heavy atom. The molecule has 0 unspecified atom stereocenters. The van der Waals surface area contributed by atoms with Crippen molar-refractivity contribution >= 4 is 44.2 Å². The van der Waals surface area contributed by atoms with E-state index < -0.39 is 18.4 Å². The van der Waals surface area contributed by atoms with Gasteiger partial charge in [-0.2, -0.15) is 0 Å². The van der Waals surface area contributed by atoms with E-state index in [9.17, 15) is 14.7 Å². The molecule has 2 aromatic carbocycles. The zero-order valence-electron chi connectivity index (χ0n) is 16.1. The Hall–Kier alpha value is -3.72. The van der Waals surface area contributed by atoms with Crippen LogP contribution in [0.5, 0.6) is 17.2 Å². The highest BCUT2D eigenvalue weighted by atomic mass is 32.1. The molecule has 0 aliphatic carbocycles. The number of carboxylic acid groups (broad SMARTS) is 1. The van der Waals surface area contributed by atoms with Gasteiger partial charge in [-0.1, -0.05) is 0 Å². The molecule has 30 heavy (non-hydrogen) atoms. The molecular weight excluding hydrogens is 406 g/mol. The number of pyridine rings is 1. The molecule has 2 heterocycles. The second-order valence-electron chi connectivity index (χ2n) is 6.64. The zero-order chi connectivity index (χ0) is 21.4. The van der Waals surface area contributed by atoms with Gasteiger partial charge in [0.2, 0.25) is 0 Å². The van der Waals surface area contributed by atoms with Crippen molar-refractivity contribution in [2.75, 3.05) is 6.54 Å². The number of fused-ring (bicyclic) bond motifs is 2. The fourth-order valence-corrected chi connectivity index (χ4v) is 3.98. The smallest absolute Gasteiger partial charge is 0.322 e. The molecule has 0 saturated carbocycles. The Balaban J connectivity index is 1.70. The van der Waals surface area contributed by atoms with E-state index in [1.807, 2.05) is 25.1 Å². The van der Waals surface area contributed by atoms with E-state index in [0.29, 0.717) is 28.0 Å². The molecule has 4 aromatic rings. The van der Waals surface area contributed by atoms with Gasteiger partial charge in [0.1, 0.15) is 18.0 Å². The minimum Gasteiger partial charge on any atom is -0.505 e. The van der Waals surface area contributed by atoms with Gasteiger partial charge in [0.05, 0.1) is 15.2 Å². The van der Waals surface area contributed by atoms with Gasteiger partial charge in [-0.3, -0.25) is 9.59 Å². The number of aromatic hydroxyl groups is 1. The van der Waals surface area contributed by atoms with Gasteiger partial charge in [0, 0.05) is 22.5 Å². The predicted molar refractivity (Wildman–Crippen MR) is 113 cm³/mol. The van der Waals surface area contributed by atoms with Gasteiger partial charge in [-0.15, -0.1) is 11.3 Å². The number of carboxylic acids is 1. The van der Waals surface area contributed by atoms with Crippen molar-refractivity contribution in [1.29, 1.82) is 0 Å². The Morgan fingerprint density at radius 2 is 1.80 bits per heavy atom. The number of aliphatic carboxylic acids is 1. The van der Waals surface area contributed by atoms with Crippen LogP contribution < -0.4 is 10.1 Å². The number of nitrogens with one attached hydrogen (secondary N) is 1. The van der Waals surface area contributed by atoms with Crippen molar-refractivity contribution in [3.05, 3.63) is 52.8 Å². The molecule has 0 fully saturated rings. The maximum atomic E-state index is 12.2. The molecule has 4 rings (SSSR count). The molecule has 0 radical (unpaired) electrons. The molecule has 0 aliphatic rings. The predicted octanol–water partition coefficient (Wildman–Crippen LogP) is 3.77. The third kappa shape index (κ3) is 3.74. The molecular formula is C21H17N3O5S. The van der Waals surface area contributed by atoms with Gasteiger partial charge >= 0.3 is 5.97 Å². The maximum Gasteiger partial charge on any atom is 0.322 e. The Kier molecular flexibility index (Phi) is 4.96. The molecule has 1 amide bonds. The summed E-state index contributed by atoms with van der Waals surface area (Å²) in [7, 11) is 0. The highest BCUT2D eigenvalue weighted by molar-refractivity contribution is 7.18. The number of carbonyl (C=O) groups is 2. The van der Waals surface area contributed by atoms with E-state index in [1.54, 1.807) is 36.5 Å². The number of aromatic nitrogens is 2. The van der Waals surface area contributed by atoms with Crippen molar-refractivity contribution < 1.29 is 24.5 Å². The van der Waals surface area contributed by atoms with Crippen LogP contribution in [0.25, 0.3) is 21.0 Å². The highest BCUT2D eigenvalue weighted by Crippen LogP contribution is 2.35. The molecule has 2 aromatic heterocycles. The number of hydrogen-bond donors (Lipinski definition) is 3. The van der Waals surface area contributed by atoms with Crippen LogP contribution in [-0.4, -0.2) is 38.6 Å². The standard InChI is InChI=1S/C21H17N3O5S/c1-10-14-5-3-12(29-13-4-6-16-17(8-13)30-11(2)24-16)7-15(14)20(27)19(23-10)21(28)22-9-18(25)26/h3-8,27H,9H2,1-2H3,(H,22,28)(H,25,26). The average Bonchev–Trinajstić information content (AvgIpc) is 3.08. The van der Waals surface area contributed by atoms with Gasteiger partial charge in [0.25, 0.3) is 5.91 Å². The summed E-state index contributed by atoms with van der Waals surface area (Å²) < 4.78 is 6.95. The number of benzene rings is 2. The number of rotatable bonds is 5. The molecule has 0 saturated heterocycles. The fourth-order valence-electron chi connectivity index (χ4n) is 3.12. The normalized spacial score (nSPS) is 11.0. The largest absolute Gasteiger partial charge is 0.505 e. The monoisotopic (exact) mass is 423 g/mol. The highest BCUT2D eigenvalue weighted by Gasteiger charge is 2.19. The van der Waals surface area contributed by atoms with E-state index >= 15 is 0 Å². The average molecular weight is 423 g/mol. The summed E-state index contributed by atoms with van der Waals surface area (Å²) in [6.07, 6.45) is 0. The minimum atomic E-state index is -1.19. The molecule has 8 nitrogen and oxygen atoms in total. The maximum absolute atomic E-state index is 12.2. The van der Waals surface area contributed by atoms with E-state index in [0.717, 1.165) is 15.2 Å². The van der Waals surface area contributed by atoms with Crippen molar-refractivity contribution in [1.82, 2.24) is 15.3 Å². The quantitative estimate of drug-likeness (QED) is 0.447.